The van der Waals surface area contributed by atoms with Crippen molar-refractivity contribution in [3.05, 3.63) is 29.8 Å². The molecule has 1 atom stereocenters. The number of nitrogens with zero attached hydrogens (tertiary/aromatic N) is 1. The van der Waals surface area contributed by atoms with E-state index in [4.69, 9.17) is 0 Å². The SMILES string of the molecule is CC(C)[C@@H]1NC(=O)N(CC(=O)Nc2cccc(C(F)(F)F)c2)C1=O. The van der Waals surface area contributed by atoms with E-state index in [-0.39, 0.29) is 11.6 Å². The molecule has 0 saturated carbocycles. The fourth-order valence-corrected chi connectivity index (χ4v) is 2.26. The Morgan fingerprint density at radius 1 is 1.33 bits per heavy atom. The normalized spacial score (nSPS) is 18.1. The van der Waals surface area contributed by atoms with Gasteiger partial charge in [-0.3, -0.25) is 14.5 Å². The van der Waals surface area contributed by atoms with Crippen LogP contribution in [-0.4, -0.2) is 35.3 Å². The highest BCUT2D eigenvalue weighted by Gasteiger charge is 2.40. The van der Waals surface area contributed by atoms with Crippen LogP contribution in [0.3, 0.4) is 0 Å². The fraction of sp³-hybridized carbons (Fsp3) is 0.400. The average molecular weight is 343 g/mol. The standard InChI is InChI=1S/C15H16F3N3O3/c1-8(2)12-13(23)21(14(24)20-12)7-11(22)19-10-5-3-4-9(6-10)15(16,17)18/h3-6,8,12H,7H2,1-2H3,(H,19,22)(H,20,24)/t12-/m0/s1. The van der Waals surface area contributed by atoms with Crippen LogP contribution in [0.15, 0.2) is 24.3 Å². The van der Waals surface area contributed by atoms with Crippen LogP contribution in [0.25, 0.3) is 0 Å². The summed E-state index contributed by atoms with van der Waals surface area (Å²) in [6.07, 6.45) is -4.53. The van der Waals surface area contributed by atoms with E-state index in [0.29, 0.717) is 0 Å². The van der Waals surface area contributed by atoms with Gasteiger partial charge in [0.05, 0.1) is 5.56 Å². The highest BCUT2D eigenvalue weighted by molar-refractivity contribution is 6.08. The lowest BCUT2D eigenvalue weighted by atomic mass is 10.1. The van der Waals surface area contributed by atoms with E-state index in [1.165, 1.54) is 6.07 Å². The number of alkyl halides is 3. The molecule has 6 nitrogen and oxygen atoms in total. The number of amides is 4. The van der Waals surface area contributed by atoms with Crippen molar-refractivity contribution in [3.8, 4) is 0 Å². The highest BCUT2D eigenvalue weighted by atomic mass is 19.4. The van der Waals surface area contributed by atoms with Crippen LogP contribution in [-0.2, 0) is 15.8 Å². The molecular formula is C15H16F3N3O3. The third kappa shape index (κ3) is 3.84. The maximum absolute atomic E-state index is 12.6. The molecule has 1 aromatic rings. The molecule has 2 rings (SSSR count). The van der Waals surface area contributed by atoms with Crippen molar-refractivity contribution in [2.45, 2.75) is 26.1 Å². The second-order valence-electron chi connectivity index (χ2n) is 5.72. The van der Waals surface area contributed by atoms with E-state index in [9.17, 15) is 27.6 Å². The number of urea groups is 1. The van der Waals surface area contributed by atoms with Gasteiger partial charge in [-0.1, -0.05) is 19.9 Å². The summed E-state index contributed by atoms with van der Waals surface area (Å²) in [7, 11) is 0. The number of imide groups is 1. The summed E-state index contributed by atoms with van der Waals surface area (Å²) < 4.78 is 37.9. The molecule has 1 saturated heterocycles. The number of rotatable bonds is 4. The molecule has 24 heavy (non-hydrogen) atoms. The topological polar surface area (TPSA) is 78.5 Å². The van der Waals surface area contributed by atoms with Gasteiger partial charge < -0.3 is 10.6 Å². The lowest BCUT2D eigenvalue weighted by molar-refractivity contribution is -0.137. The minimum Gasteiger partial charge on any atom is -0.326 e. The van der Waals surface area contributed by atoms with Gasteiger partial charge >= 0.3 is 12.2 Å². The predicted octanol–water partition coefficient (Wildman–Crippen LogP) is 2.22. The van der Waals surface area contributed by atoms with Crippen molar-refractivity contribution in [2.75, 3.05) is 11.9 Å². The second-order valence-corrected chi connectivity index (χ2v) is 5.72. The minimum absolute atomic E-state index is 0.0673. The molecule has 2 N–H and O–H groups in total. The Morgan fingerprint density at radius 3 is 2.54 bits per heavy atom. The first-order valence-electron chi connectivity index (χ1n) is 7.18. The number of carbonyl (C=O) groups excluding carboxylic acids is 3. The number of hydrogen-bond donors (Lipinski definition) is 2. The van der Waals surface area contributed by atoms with Crippen LogP contribution < -0.4 is 10.6 Å². The van der Waals surface area contributed by atoms with Crippen LogP contribution in [0, 0.1) is 5.92 Å². The van der Waals surface area contributed by atoms with Gasteiger partial charge in [0, 0.05) is 5.69 Å². The van der Waals surface area contributed by atoms with Crippen molar-refractivity contribution < 1.29 is 27.6 Å². The average Bonchev–Trinajstić information content (AvgIpc) is 2.75. The van der Waals surface area contributed by atoms with Gasteiger partial charge in [-0.15, -0.1) is 0 Å². The number of hydrogen-bond acceptors (Lipinski definition) is 3. The zero-order chi connectivity index (χ0) is 18.1. The van der Waals surface area contributed by atoms with Crippen LogP contribution >= 0.6 is 0 Å². The molecule has 0 bridgehead atoms. The van der Waals surface area contributed by atoms with Gasteiger partial charge in [-0.25, -0.2) is 4.79 Å². The smallest absolute Gasteiger partial charge is 0.326 e. The van der Waals surface area contributed by atoms with Crippen molar-refractivity contribution in [1.82, 2.24) is 10.2 Å². The first-order chi connectivity index (χ1) is 11.1. The molecule has 1 aliphatic heterocycles. The van der Waals surface area contributed by atoms with E-state index in [2.05, 4.69) is 10.6 Å². The van der Waals surface area contributed by atoms with Crippen LogP contribution in [0.1, 0.15) is 19.4 Å². The molecule has 1 fully saturated rings. The largest absolute Gasteiger partial charge is 0.416 e. The van der Waals surface area contributed by atoms with E-state index in [1.54, 1.807) is 13.8 Å². The number of halogens is 3. The summed E-state index contributed by atoms with van der Waals surface area (Å²) in [6, 6.07) is 2.69. The highest BCUT2D eigenvalue weighted by Crippen LogP contribution is 2.30. The lowest BCUT2D eigenvalue weighted by Crippen LogP contribution is -2.39. The van der Waals surface area contributed by atoms with E-state index in [1.807, 2.05) is 0 Å². The Bertz CT molecular complexity index is 673. The Kier molecular flexibility index (Phi) is 4.81. The van der Waals surface area contributed by atoms with E-state index in [0.717, 1.165) is 23.1 Å². The third-order valence-corrected chi connectivity index (χ3v) is 3.50. The predicted molar refractivity (Wildman–Crippen MR) is 78.9 cm³/mol. The maximum atomic E-state index is 12.6. The number of benzene rings is 1. The zero-order valence-corrected chi connectivity index (χ0v) is 13.0. The first-order valence-corrected chi connectivity index (χ1v) is 7.18. The van der Waals surface area contributed by atoms with Crippen LogP contribution in [0.5, 0.6) is 0 Å². The summed E-state index contributed by atoms with van der Waals surface area (Å²) in [5.74, 6) is -1.44. The van der Waals surface area contributed by atoms with Crippen molar-refractivity contribution in [3.63, 3.8) is 0 Å². The van der Waals surface area contributed by atoms with Crippen LogP contribution in [0.4, 0.5) is 23.7 Å². The summed E-state index contributed by atoms with van der Waals surface area (Å²) in [5, 5.41) is 4.71. The molecule has 1 aromatic carbocycles. The fourth-order valence-electron chi connectivity index (χ4n) is 2.26. The summed E-state index contributed by atoms with van der Waals surface area (Å²) in [4.78, 5) is 36.5. The molecule has 0 aliphatic carbocycles. The number of nitrogens with one attached hydrogen (secondary N) is 2. The summed E-state index contributed by atoms with van der Waals surface area (Å²) in [5.41, 5.74) is -0.975. The van der Waals surface area contributed by atoms with E-state index >= 15 is 0 Å². The summed E-state index contributed by atoms with van der Waals surface area (Å²) in [6.45, 7) is 2.92. The van der Waals surface area contributed by atoms with Gasteiger partial charge in [-0.05, 0) is 24.1 Å². The quantitative estimate of drug-likeness (QED) is 0.823. The number of carbonyl (C=O) groups is 3. The monoisotopic (exact) mass is 343 g/mol. The Labute approximate surface area is 136 Å². The molecule has 0 spiro atoms. The van der Waals surface area contributed by atoms with Crippen molar-refractivity contribution in [1.29, 1.82) is 0 Å². The van der Waals surface area contributed by atoms with Gasteiger partial charge in [0.2, 0.25) is 5.91 Å². The first kappa shape index (κ1) is 17.8. The molecule has 4 amide bonds. The number of anilines is 1. The minimum atomic E-state index is -4.53. The molecule has 1 heterocycles. The van der Waals surface area contributed by atoms with Gasteiger partial charge in [0.25, 0.3) is 5.91 Å². The Balaban J connectivity index is 2.04. The maximum Gasteiger partial charge on any atom is 0.416 e. The van der Waals surface area contributed by atoms with E-state index < -0.39 is 42.2 Å². The zero-order valence-electron chi connectivity index (χ0n) is 13.0. The van der Waals surface area contributed by atoms with Crippen molar-refractivity contribution >= 4 is 23.5 Å². The van der Waals surface area contributed by atoms with Crippen molar-refractivity contribution in [2.24, 2.45) is 5.92 Å². The Morgan fingerprint density at radius 2 is 2.00 bits per heavy atom. The second kappa shape index (κ2) is 6.50. The molecule has 1 aliphatic rings. The molecule has 9 heteroatoms. The summed E-state index contributed by atoms with van der Waals surface area (Å²) >= 11 is 0. The Hall–Kier alpha value is -2.58. The van der Waals surface area contributed by atoms with Gasteiger partial charge in [0.1, 0.15) is 12.6 Å². The molecule has 0 radical (unpaired) electrons. The third-order valence-electron chi connectivity index (χ3n) is 3.50. The molecular weight excluding hydrogens is 327 g/mol. The van der Waals surface area contributed by atoms with Crippen LogP contribution in [0.2, 0.25) is 0 Å². The molecule has 0 aromatic heterocycles. The lowest BCUT2D eigenvalue weighted by Gasteiger charge is -2.15. The van der Waals surface area contributed by atoms with Gasteiger partial charge in [0.15, 0.2) is 0 Å². The molecule has 130 valence electrons. The molecule has 0 unspecified atom stereocenters. The van der Waals surface area contributed by atoms with Gasteiger partial charge in [-0.2, -0.15) is 13.2 Å².